The van der Waals surface area contributed by atoms with Gasteiger partial charge in [-0.15, -0.1) is 0 Å². The first-order valence-electron chi connectivity index (χ1n) is 7.02. The minimum Gasteiger partial charge on any atom is -0.465 e. The van der Waals surface area contributed by atoms with Crippen LogP contribution in [-0.4, -0.2) is 31.6 Å². The highest BCUT2D eigenvalue weighted by atomic mass is 35.5. The van der Waals surface area contributed by atoms with Crippen LogP contribution in [0.15, 0.2) is 18.2 Å². The number of hydrogen-bond acceptors (Lipinski definition) is 3. The molecule has 3 nitrogen and oxygen atoms in total. The monoisotopic (exact) mass is 349 g/mol. The normalized spacial score (nSPS) is 32.2. The van der Waals surface area contributed by atoms with Crippen LogP contribution in [0.1, 0.15) is 18.9 Å². The lowest BCUT2D eigenvalue weighted by atomic mass is 9.78. The molecule has 1 N–H and O–H groups in total. The van der Waals surface area contributed by atoms with Gasteiger partial charge in [-0.05, 0) is 31.0 Å². The van der Waals surface area contributed by atoms with E-state index in [1.807, 2.05) is 0 Å². The van der Waals surface area contributed by atoms with Gasteiger partial charge >= 0.3 is 5.97 Å². The molecule has 22 heavy (non-hydrogen) atoms. The Balaban J connectivity index is 2.11. The van der Waals surface area contributed by atoms with Crippen LogP contribution in [0.5, 0.6) is 0 Å². The lowest BCUT2D eigenvalue weighted by Crippen LogP contribution is -2.56. The molecule has 2 fully saturated rings. The molecule has 7 heteroatoms. The fraction of sp³-hybridized carbons (Fsp3) is 0.533. The van der Waals surface area contributed by atoms with Crippen molar-refractivity contribution in [2.75, 3.05) is 19.7 Å². The minimum absolute atomic E-state index is 0.0385. The zero-order chi connectivity index (χ0) is 16.2. The van der Waals surface area contributed by atoms with E-state index in [1.165, 1.54) is 18.2 Å². The zero-order valence-electron chi connectivity index (χ0n) is 11.9. The van der Waals surface area contributed by atoms with Crippen molar-refractivity contribution in [2.45, 2.75) is 24.7 Å². The number of carbonyl (C=O) groups excluding carboxylic acids is 1. The first-order valence-corrected chi connectivity index (χ1v) is 7.78. The van der Waals surface area contributed by atoms with Crippen molar-refractivity contribution in [3.8, 4) is 0 Å². The first kappa shape index (κ1) is 16.0. The summed E-state index contributed by atoms with van der Waals surface area (Å²) in [5.74, 6) is -3.66. The van der Waals surface area contributed by atoms with Crippen molar-refractivity contribution in [1.29, 1.82) is 0 Å². The average molecular weight is 350 g/mol. The van der Waals surface area contributed by atoms with Crippen LogP contribution in [0.3, 0.4) is 0 Å². The molecule has 1 saturated carbocycles. The van der Waals surface area contributed by atoms with Crippen LogP contribution in [0, 0.1) is 5.41 Å². The van der Waals surface area contributed by atoms with E-state index in [1.54, 1.807) is 6.92 Å². The zero-order valence-corrected chi connectivity index (χ0v) is 13.4. The van der Waals surface area contributed by atoms with Crippen LogP contribution in [0.25, 0.3) is 0 Å². The predicted molar refractivity (Wildman–Crippen MR) is 79.6 cm³/mol. The van der Waals surface area contributed by atoms with Crippen molar-refractivity contribution >= 4 is 29.2 Å². The van der Waals surface area contributed by atoms with Crippen molar-refractivity contribution in [1.82, 2.24) is 5.32 Å². The van der Waals surface area contributed by atoms with Crippen LogP contribution in [-0.2, 0) is 14.9 Å². The van der Waals surface area contributed by atoms with Crippen LogP contribution in [0.4, 0.5) is 8.78 Å². The molecular weight excluding hydrogens is 335 g/mol. The second kappa shape index (κ2) is 5.05. The van der Waals surface area contributed by atoms with Gasteiger partial charge in [0.25, 0.3) is 5.92 Å². The Morgan fingerprint density at radius 2 is 2.05 bits per heavy atom. The number of carbonyl (C=O) groups is 1. The number of alkyl halides is 2. The Hall–Kier alpha value is -0.910. The molecule has 0 aromatic heterocycles. The number of rotatable bonds is 3. The number of fused-ring (bicyclic) bond motifs is 1. The molecule has 0 spiro atoms. The maximum Gasteiger partial charge on any atom is 0.314 e. The summed E-state index contributed by atoms with van der Waals surface area (Å²) >= 11 is 11.9. The molecule has 0 amide bonds. The van der Waals surface area contributed by atoms with Crippen molar-refractivity contribution < 1.29 is 18.3 Å². The second-order valence-electron chi connectivity index (χ2n) is 5.82. The number of nitrogens with one attached hydrogen (secondary N) is 1. The fourth-order valence-electron chi connectivity index (χ4n) is 3.62. The van der Waals surface area contributed by atoms with E-state index in [2.05, 4.69) is 5.32 Å². The summed E-state index contributed by atoms with van der Waals surface area (Å²) in [7, 11) is 0. The fourth-order valence-corrected chi connectivity index (χ4v) is 3.92. The molecule has 1 aromatic carbocycles. The van der Waals surface area contributed by atoms with E-state index < -0.39 is 29.3 Å². The highest BCUT2D eigenvalue weighted by Crippen LogP contribution is 2.72. The lowest BCUT2D eigenvalue weighted by Gasteiger charge is -2.37. The number of benzene rings is 1. The summed E-state index contributed by atoms with van der Waals surface area (Å²) in [5, 5.41) is 3.15. The van der Waals surface area contributed by atoms with E-state index in [9.17, 15) is 13.6 Å². The Bertz CT molecular complexity index is 640. The van der Waals surface area contributed by atoms with Gasteiger partial charge in [0.2, 0.25) is 0 Å². The standard InChI is InChI=1S/C15H15Cl2F2NO2/c1-2-22-12(21)13-6-14(13,15(18,19)8-20-7-13)9-3-4-10(16)11(17)5-9/h3-5,20H,2,6-8H2,1H3. The molecule has 3 rings (SSSR count). The van der Waals surface area contributed by atoms with Gasteiger partial charge in [0.05, 0.1) is 34.0 Å². The van der Waals surface area contributed by atoms with E-state index in [0.717, 1.165) is 0 Å². The summed E-state index contributed by atoms with van der Waals surface area (Å²) < 4.78 is 34.5. The number of ether oxygens (including phenoxy) is 1. The van der Waals surface area contributed by atoms with Crippen molar-refractivity contribution in [3.05, 3.63) is 33.8 Å². The highest BCUT2D eigenvalue weighted by Gasteiger charge is 2.84. The molecule has 0 radical (unpaired) electrons. The minimum atomic E-state index is -3.07. The van der Waals surface area contributed by atoms with E-state index >= 15 is 0 Å². The molecule has 1 aliphatic carbocycles. The number of halogens is 4. The molecule has 1 aromatic rings. The quantitative estimate of drug-likeness (QED) is 0.849. The molecule has 2 atom stereocenters. The largest absolute Gasteiger partial charge is 0.465 e. The third-order valence-electron chi connectivity index (χ3n) is 4.74. The topological polar surface area (TPSA) is 38.3 Å². The highest BCUT2D eigenvalue weighted by molar-refractivity contribution is 6.42. The molecule has 1 heterocycles. The van der Waals surface area contributed by atoms with Crippen LogP contribution < -0.4 is 5.32 Å². The molecule has 2 aliphatic rings. The van der Waals surface area contributed by atoms with Gasteiger partial charge in [0.1, 0.15) is 0 Å². The van der Waals surface area contributed by atoms with E-state index in [0.29, 0.717) is 10.6 Å². The van der Waals surface area contributed by atoms with Gasteiger partial charge in [-0.1, -0.05) is 29.3 Å². The SMILES string of the molecule is CCOC(=O)C12CNCC(F)(F)C1(c1ccc(Cl)c(Cl)c1)C2. The molecule has 0 bridgehead atoms. The van der Waals surface area contributed by atoms with E-state index in [-0.39, 0.29) is 24.6 Å². The van der Waals surface area contributed by atoms with Crippen LogP contribution in [0.2, 0.25) is 10.0 Å². The maximum atomic E-state index is 14.7. The lowest BCUT2D eigenvalue weighted by molar-refractivity contribution is -0.157. The molecular formula is C15H15Cl2F2NO2. The third-order valence-corrected chi connectivity index (χ3v) is 5.47. The summed E-state index contributed by atoms with van der Waals surface area (Å²) in [6.45, 7) is 1.51. The number of esters is 1. The van der Waals surface area contributed by atoms with Crippen LogP contribution >= 0.6 is 23.2 Å². The Morgan fingerprint density at radius 1 is 1.32 bits per heavy atom. The molecule has 120 valence electrons. The summed E-state index contributed by atoms with van der Waals surface area (Å²) in [5.41, 5.74) is -2.49. The third kappa shape index (κ3) is 1.92. The van der Waals surface area contributed by atoms with Crippen molar-refractivity contribution in [2.24, 2.45) is 5.41 Å². The summed E-state index contributed by atoms with van der Waals surface area (Å²) in [4.78, 5) is 12.3. The molecule has 1 saturated heterocycles. The maximum absolute atomic E-state index is 14.7. The van der Waals surface area contributed by atoms with Gasteiger partial charge in [0.15, 0.2) is 0 Å². The van der Waals surface area contributed by atoms with Gasteiger partial charge in [-0.3, -0.25) is 4.79 Å². The number of hydrogen-bond donors (Lipinski definition) is 1. The van der Waals surface area contributed by atoms with Crippen molar-refractivity contribution in [3.63, 3.8) is 0 Å². The Morgan fingerprint density at radius 3 is 2.68 bits per heavy atom. The van der Waals surface area contributed by atoms with Gasteiger partial charge in [-0.25, -0.2) is 8.78 Å². The Kier molecular flexibility index (Phi) is 3.66. The average Bonchev–Trinajstić information content (AvgIpc) is 3.15. The van der Waals surface area contributed by atoms with Gasteiger partial charge in [0, 0.05) is 6.54 Å². The molecule has 2 unspecified atom stereocenters. The predicted octanol–water partition coefficient (Wildman–Crippen LogP) is 3.42. The van der Waals surface area contributed by atoms with Gasteiger partial charge in [-0.2, -0.15) is 0 Å². The van der Waals surface area contributed by atoms with Gasteiger partial charge < -0.3 is 10.1 Å². The summed E-state index contributed by atoms with van der Waals surface area (Å²) in [6.07, 6.45) is 0.0385. The second-order valence-corrected chi connectivity index (χ2v) is 6.64. The smallest absolute Gasteiger partial charge is 0.314 e. The Labute approximate surface area is 136 Å². The number of piperidine rings is 1. The summed E-state index contributed by atoms with van der Waals surface area (Å²) in [6, 6.07) is 4.44. The molecule has 1 aliphatic heterocycles. The van der Waals surface area contributed by atoms with E-state index in [4.69, 9.17) is 27.9 Å². The first-order chi connectivity index (χ1) is 10.3.